The maximum absolute atomic E-state index is 6.28. The molecule has 0 aliphatic carbocycles. The lowest BCUT2D eigenvalue weighted by atomic mass is 9.89. The van der Waals surface area contributed by atoms with Crippen LogP contribution in [0.3, 0.4) is 0 Å². The summed E-state index contributed by atoms with van der Waals surface area (Å²) in [5.41, 5.74) is 2.38. The van der Waals surface area contributed by atoms with E-state index >= 15 is 0 Å². The Bertz CT molecular complexity index is 492. The van der Waals surface area contributed by atoms with E-state index in [1.165, 1.54) is 5.56 Å². The maximum Gasteiger partial charge on any atom is 0.0630 e. The van der Waals surface area contributed by atoms with Crippen molar-refractivity contribution >= 4 is 23.2 Å². The summed E-state index contributed by atoms with van der Waals surface area (Å²) >= 11 is 12.4. The van der Waals surface area contributed by atoms with Gasteiger partial charge in [0.05, 0.1) is 10.0 Å². The van der Waals surface area contributed by atoms with Crippen LogP contribution in [0.15, 0.2) is 48.5 Å². The van der Waals surface area contributed by atoms with E-state index < -0.39 is 0 Å². The third-order valence-electron chi connectivity index (χ3n) is 2.97. The first-order valence-corrected chi connectivity index (χ1v) is 6.48. The lowest BCUT2D eigenvalue weighted by Gasteiger charge is -2.17. The standard InChI is InChI=1S/C15H14Cl2/c1-2-12(11-7-4-3-5-8-11)13-9-6-10-14(16)15(13)17/h3-10,12H,2H2,1H3. The molecule has 0 radical (unpaired) electrons. The molecular weight excluding hydrogens is 251 g/mol. The minimum absolute atomic E-state index is 0.308. The van der Waals surface area contributed by atoms with Crippen molar-refractivity contribution in [3.8, 4) is 0 Å². The first kappa shape index (κ1) is 12.5. The van der Waals surface area contributed by atoms with Gasteiger partial charge in [0.25, 0.3) is 0 Å². The van der Waals surface area contributed by atoms with Crippen LogP contribution in [0.5, 0.6) is 0 Å². The van der Waals surface area contributed by atoms with Crippen molar-refractivity contribution in [3.05, 3.63) is 69.7 Å². The van der Waals surface area contributed by atoms with Crippen LogP contribution >= 0.6 is 23.2 Å². The van der Waals surface area contributed by atoms with Crippen LogP contribution < -0.4 is 0 Å². The highest BCUT2D eigenvalue weighted by atomic mass is 35.5. The van der Waals surface area contributed by atoms with E-state index in [9.17, 15) is 0 Å². The summed E-state index contributed by atoms with van der Waals surface area (Å²) in [5.74, 6) is 0.308. The molecule has 1 unspecified atom stereocenters. The Hall–Kier alpha value is -0.980. The second kappa shape index (κ2) is 5.57. The van der Waals surface area contributed by atoms with Crippen LogP contribution in [-0.4, -0.2) is 0 Å². The predicted octanol–water partition coefficient (Wildman–Crippen LogP) is 5.54. The summed E-state index contributed by atoms with van der Waals surface area (Å²) in [5, 5.41) is 1.29. The molecule has 2 aromatic carbocycles. The molecule has 0 saturated heterocycles. The summed E-state index contributed by atoms with van der Waals surface area (Å²) in [6.45, 7) is 2.16. The number of benzene rings is 2. The van der Waals surface area contributed by atoms with E-state index in [2.05, 4.69) is 37.3 Å². The first-order valence-electron chi connectivity index (χ1n) is 5.73. The lowest BCUT2D eigenvalue weighted by Crippen LogP contribution is -2.00. The highest BCUT2D eigenvalue weighted by molar-refractivity contribution is 6.42. The van der Waals surface area contributed by atoms with Crippen LogP contribution in [0.1, 0.15) is 30.4 Å². The number of hydrogen-bond acceptors (Lipinski definition) is 0. The van der Waals surface area contributed by atoms with Gasteiger partial charge in [-0.1, -0.05) is 72.6 Å². The average molecular weight is 265 g/mol. The van der Waals surface area contributed by atoms with Crippen LogP contribution in [0, 0.1) is 0 Å². The highest BCUT2D eigenvalue weighted by Gasteiger charge is 2.16. The zero-order chi connectivity index (χ0) is 12.3. The Morgan fingerprint density at radius 2 is 1.65 bits per heavy atom. The maximum atomic E-state index is 6.28. The van der Waals surface area contributed by atoms with Gasteiger partial charge in [0.15, 0.2) is 0 Å². The van der Waals surface area contributed by atoms with Gasteiger partial charge in [-0.3, -0.25) is 0 Å². The van der Waals surface area contributed by atoms with Gasteiger partial charge < -0.3 is 0 Å². The molecule has 0 heterocycles. The van der Waals surface area contributed by atoms with Gasteiger partial charge in [0.2, 0.25) is 0 Å². The van der Waals surface area contributed by atoms with Gasteiger partial charge in [-0.25, -0.2) is 0 Å². The zero-order valence-electron chi connectivity index (χ0n) is 9.66. The van der Waals surface area contributed by atoms with Crippen molar-refractivity contribution in [3.63, 3.8) is 0 Å². The summed E-state index contributed by atoms with van der Waals surface area (Å²) in [6, 6.07) is 16.2. The smallest absolute Gasteiger partial charge is 0.0630 e. The Morgan fingerprint density at radius 3 is 2.29 bits per heavy atom. The molecule has 88 valence electrons. The molecule has 0 aromatic heterocycles. The van der Waals surface area contributed by atoms with Gasteiger partial charge in [0, 0.05) is 5.92 Å². The molecule has 0 aliphatic heterocycles. The van der Waals surface area contributed by atoms with E-state index in [1.807, 2.05) is 18.2 Å². The predicted molar refractivity (Wildman–Crippen MR) is 75.0 cm³/mol. The van der Waals surface area contributed by atoms with Crippen molar-refractivity contribution in [1.29, 1.82) is 0 Å². The molecule has 0 spiro atoms. The van der Waals surface area contributed by atoms with Crippen molar-refractivity contribution < 1.29 is 0 Å². The second-order valence-corrected chi connectivity index (χ2v) is 4.80. The fraction of sp³-hybridized carbons (Fsp3) is 0.200. The van der Waals surface area contributed by atoms with Crippen LogP contribution in [0.25, 0.3) is 0 Å². The van der Waals surface area contributed by atoms with Crippen molar-refractivity contribution in [2.75, 3.05) is 0 Å². The molecule has 2 heteroatoms. The van der Waals surface area contributed by atoms with Gasteiger partial charge in [-0.05, 0) is 23.6 Å². The number of rotatable bonds is 3. The Balaban J connectivity index is 2.46. The second-order valence-electron chi connectivity index (χ2n) is 4.01. The average Bonchev–Trinajstić information content (AvgIpc) is 2.37. The van der Waals surface area contributed by atoms with Gasteiger partial charge >= 0.3 is 0 Å². The van der Waals surface area contributed by atoms with E-state index in [0.29, 0.717) is 16.0 Å². The van der Waals surface area contributed by atoms with Crippen molar-refractivity contribution in [2.45, 2.75) is 19.3 Å². The summed E-state index contributed by atoms with van der Waals surface area (Å²) in [6.07, 6.45) is 1.00. The zero-order valence-corrected chi connectivity index (χ0v) is 11.2. The van der Waals surface area contributed by atoms with Crippen molar-refractivity contribution in [2.24, 2.45) is 0 Å². The molecule has 0 aliphatic rings. The van der Waals surface area contributed by atoms with E-state index in [4.69, 9.17) is 23.2 Å². The largest absolute Gasteiger partial charge is 0.0827 e. The van der Waals surface area contributed by atoms with Gasteiger partial charge in [0.1, 0.15) is 0 Å². The molecule has 0 bridgehead atoms. The first-order chi connectivity index (χ1) is 8.24. The number of hydrogen-bond donors (Lipinski definition) is 0. The van der Waals surface area contributed by atoms with E-state index in [-0.39, 0.29) is 0 Å². The summed E-state index contributed by atoms with van der Waals surface area (Å²) in [7, 11) is 0. The minimum atomic E-state index is 0.308. The Kier molecular flexibility index (Phi) is 4.09. The summed E-state index contributed by atoms with van der Waals surface area (Å²) < 4.78 is 0. The van der Waals surface area contributed by atoms with Crippen LogP contribution in [0.4, 0.5) is 0 Å². The third kappa shape index (κ3) is 2.65. The molecule has 0 saturated carbocycles. The molecular formula is C15H14Cl2. The monoisotopic (exact) mass is 264 g/mol. The van der Waals surface area contributed by atoms with Gasteiger partial charge in [-0.2, -0.15) is 0 Å². The molecule has 0 N–H and O–H groups in total. The van der Waals surface area contributed by atoms with E-state index in [0.717, 1.165) is 12.0 Å². The minimum Gasteiger partial charge on any atom is -0.0827 e. The van der Waals surface area contributed by atoms with Crippen LogP contribution in [0.2, 0.25) is 10.0 Å². The molecule has 0 amide bonds. The SMILES string of the molecule is CCC(c1ccccc1)c1cccc(Cl)c1Cl. The van der Waals surface area contributed by atoms with Crippen LogP contribution in [-0.2, 0) is 0 Å². The molecule has 0 nitrogen and oxygen atoms in total. The quantitative estimate of drug-likeness (QED) is 0.683. The molecule has 1 atom stereocenters. The third-order valence-corrected chi connectivity index (χ3v) is 3.80. The molecule has 17 heavy (non-hydrogen) atoms. The Labute approximate surface area is 112 Å². The van der Waals surface area contributed by atoms with Crippen molar-refractivity contribution in [1.82, 2.24) is 0 Å². The molecule has 2 aromatic rings. The highest BCUT2D eigenvalue weighted by Crippen LogP contribution is 2.36. The lowest BCUT2D eigenvalue weighted by molar-refractivity contribution is 0.777. The topological polar surface area (TPSA) is 0 Å². The fourth-order valence-corrected chi connectivity index (χ4v) is 2.55. The van der Waals surface area contributed by atoms with E-state index in [1.54, 1.807) is 0 Å². The Morgan fingerprint density at radius 1 is 0.941 bits per heavy atom. The molecule has 0 fully saturated rings. The van der Waals surface area contributed by atoms with Gasteiger partial charge in [-0.15, -0.1) is 0 Å². The fourth-order valence-electron chi connectivity index (χ4n) is 2.11. The summed E-state index contributed by atoms with van der Waals surface area (Å²) in [4.78, 5) is 0. The molecule has 2 rings (SSSR count). The normalized spacial score (nSPS) is 12.4. The number of halogens is 2.